The lowest BCUT2D eigenvalue weighted by Gasteiger charge is -2.28. The molecule has 0 aromatic rings. The lowest BCUT2D eigenvalue weighted by Crippen LogP contribution is -2.46. The fourth-order valence-electron chi connectivity index (χ4n) is 0.988. The van der Waals surface area contributed by atoms with Crippen molar-refractivity contribution in [2.24, 2.45) is 4.99 Å². The number of rotatable bonds is 6. The van der Waals surface area contributed by atoms with Crippen molar-refractivity contribution in [3.63, 3.8) is 0 Å². The Hall–Kier alpha value is -0.523. The standard InChI is InChI=1S/C7H15NO4Si/c1-7(2)13(10-3,11-4)12-6-8-5-9/h7H,6H2,1-4H3. The fraction of sp³-hybridized carbons (Fsp3) is 0.857. The maximum atomic E-state index is 9.80. The summed E-state index contributed by atoms with van der Waals surface area (Å²) in [4.78, 5) is 13.1. The van der Waals surface area contributed by atoms with E-state index in [0.29, 0.717) is 0 Å². The van der Waals surface area contributed by atoms with Crippen LogP contribution in [0.25, 0.3) is 0 Å². The second-order valence-corrected chi connectivity index (χ2v) is 6.16. The Morgan fingerprint density at radius 3 is 2.23 bits per heavy atom. The van der Waals surface area contributed by atoms with Crippen LogP contribution in [-0.4, -0.2) is 35.8 Å². The van der Waals surface area contributed by atoms with Crippen LogP contribution in [0.5, 0.6) is 0 Å². The van der Waals surface area contributed by atoms with Crippen molar-refractivity contribution < 1.29 is 18.1 Å². The summed E-state index contributed by atoms with van der Waals surface area (Å²) in [6.45, 7) is 3.81. The first-order valence-electron chi connectivity index (χ1n) is 3.90. The molecule has 0 aliphatic heterocycles. The molecule has 0 saturated heterocycles. The molecule has 0 N–H and O–H groups in total. The molecular weight excluding hydrogens is 190 g/mol. The van der Waals surface area contributed by atoms with Gasteiger partial charge >= 0.3 is 8.80 Å². The topological polar surface area (TPSA) is 57.1 Å². The van der Waals surface area contributed by atoms with Gasteiger partial charge < -0.3 is 13.3 Å². The number of hydrogen-bond acceptors (Lipinski definition) is 5. The maximum Gasteiger partial charge on any atom is 0.504 e. The lowest BCUT2D eigenvalue weighted by molar-refractivity contribution is 0.0938. The van der Waals surface area contributed by atoms with Gasteiger partial charge in [-0.1, -0.05) is 13.8 Å². The Balaban J connectivity index is 4.29. The number of hydrogen-bond donors (Lipinski definition) is 0. The molecule has 0 unspecified atom stereocenters. The van der Waals surface area contributed by atoms with Crippen LogP contribution in [0.1, 0.15) is 13.8 Å². The van der Waals surface area contributed by atoms with Crippen LogP contribution in [0.15, 0.2) is 4.99 Å². The summed E-state index contributed by atoms with van der Waals surface area (Å²) in [6.07, 6.45) is 1.39. The van der Waals surface area contributed by atoms with Crippen molar-refractivity contribution in [3.05, 3.63) is 0 Å². The van der Waals surface area contributed by atoms with Gasteiger partial charge in [-0.25, -0.2) is 4.79 Å². The highest BCUT2D eigenvalue weighted by atomic mass is 28.4. The molecule has 0 radical (unpaired) electrons. The van der Waals surface area contributed by atoms with Crippen LogP contribution in [0.4, 0.5) is 0 Å². The first-order valence-corrected chi connectivity index (χ1v) is 5.71. The molecule has 76 valence electrons. The first-order chi connectivity index (χ1) is 6.13. The van der Waals surface area contributed by atoms with Crippen LogP contribution in [0, 0.1) is 0 Å². The Morgan fingerprint density at radius 1 is 1.38 bits per heavy atom. The van der Waals surface area contributed by atoms with Crippen LogP contribution in [0.3, 0.4) is 0 Å². The Labute approximate surface area is 79.1 Å². The number of aliphatic imine (C=N–C) groups is 1. The average Bonchev–Trinajstić information content (AvgIpc) is 2.13. The zero-order chi connectivity index (χ0) is 10.3. The van der Waals surface area contributed by atoms with Gasteiger partial charge in [0.15, 0.2) is 0 Å². The molecule has 0 bridgehead atoms. The van der Waals surface area contributed by atoms with Gasteiger partial charge in [0, 0.05) is 19.8 Å². The Morgan fingerprint density at radius 2 is 1.92 bits per heavy atom. The molecule has 0 rings (SSSR count). The Kier molecular flexibility index (Phi) is 5.77. The molecule has 0 aromatic heterocycles. The number of nitrogens with zero attached hydrogens (tertiary/aromatic N) is 1. The van der Waals surface area contributed by atoms with E-state index in [1.807, 2.05) is 13.8 Å². The smallest absolute Gasteiger partial charge is 0.377 e. The number of carbonyl (C=O) groups excluding carboxylic acids is 1. The van der Waals surface area contributed by atoms with Gasteiger partial charge in [-0.2, -0.15) is 4.99 Å². The zero-order valence-corrected chi connectivity index (χ0v) is 9.36. The number of isocyanates is 1. The highest BCUT2D eigenvalue weighted by Crippen LogP contribution is 2.22. The van der Waals surface area contributed by atoms with Gasteiger partial charge in [0.1, 0.15) is 6.73 Å². The first kappa shape index (κ1) is 12.5. The van der Waals surface area contributed by atoms with Gasteiger partial charge in [0.2, 0.25) is 6.08 Å². The predicted molar refractivity (Wildman–Crippen MR) is 48.9 cm³/mol. The molecule has 0 spiro atoms. The lowest BCUT2D eigenvalue weighted by atomic mass is 10.6. The van der Waals surface area contributed by atoms with E-state index < -0.39 is 8.80 Å². The van der Waals surface area contributed by atoms with Gasteiger partial charge in [-0.3, -0.25) is 0 Å². The monoisotopic (exact) mass is 205 g/mol. The molecule has 0 saturated carbocycles. The quantitative estimate of drug-likeness (QED) is 0.368. The molecule has 0 aliphatic rings. The van der Waals surface area contributed by atoms with Crippen molar-refractivity contribution in [1.29, 1.82) is 0 Å². The summed E-state index contributed by atoms with van der Waals surface area (Å²) < 4.78 is 15.7. The molecule has 0 aromatic carbocycles. The van der Waals surface area contributed by atoms with Gasteiger partial charge in [-0.05, 0) is 0 Å². The second-order valence-electron chi connectivity index (χ2n) is 2.69. The summed E-state index contributed by atoms with van der Waals surface area (Å²) in [5, 5.41) is 0. The predicted octanol–water partition coefficient (Wildman–Crippen LogP) is 0.938. The maximum absolute atomic E-state index is 9.80. The van der Waals surface area contributed by atoms with Crippen molar-refractivity contribution in [2.75, 3.05) is 21.0 Å². The summed E-state index contributed by atoms with van der Waals surface area (Å²) in [5.74, 6) is 0. The minimum atomic E-state index is -2.63. The van der Waals surface area contributed by atoms with Crippen molar-refractivity contribution in [3.8, 4) is 0 Å². The largest absolute Gasteiger partial charge is 0.504 e. The van der Waals surface area contributed by atoms with Crippen LogP contribution < -0.4 is 0 Å². The third-order valence-electron chi connectivity index (χ3n) is 1.67. The van der Waals surface area contributed by atoms with Crippen molar-refractivity contribution in [1.82, 2.24) is 0 Å². The molecule has 0 heterocycles. The van der Waals surface area contributed by atoms with Crippen LogP contribution >= 0.6 is 0 Å². The molecule has 0 fully saturated rings. The van der Waals surface area contributed by atoms with E-state index >= 15 is 0 Å². The van der Waals surface area contributed by atoms with E-state index in [2.05, 4.69) is 4.99 Å². The van der Waals surface area contributed by atoms with Crippen molar-refractivity contribution >= 4 is 14.9 Å². The molecule has 0 aliphatic carbocycles. The van der Waals surface area contributed by atoms with Crippen molar-refractivity contribution in [2.45, 2.75) is 19.4 Å². The van der Waals surface area contributed by atoms with E-state index in [-0.39, 0.29) is 12.3 Å². The zero-order valence-electron chi connectivity index (χ0n) is 8.36. The second kappa shape index (κ2) is 6.01. The highest BCUT2D eigenvalue weighted by Gasteiger charge is 2.43. The van der Waals surface area contributed by atoms with Gasteiger partial charge in [0.05, 0.1) is 0 Å². The van der Waals surface area contributed by atoms with E-state index in [9.17, 15) is 4.79 Å². The average molecular weight is 205 g/mol. The minimum Gasteiger partial charge on any atom is -0.377 e. The summed E-state index contributed by atoms with van der Waals surface area (Å²) in [6, 6.07) is 0. The van der Waals surface area contributed by atoms with Gasteiger partial charge in [0.25, 0.3) is 0 Å². The summed E-state index contributed by atoms with van der Waals surface area (Å²) in [7, 11) is 0.426. The molecular formula is C7H15NO4Si. The minimum absolute atomic E-state index is 0.0599. The highest BCUT2D eigenvalue weighted by molar-refractivity contribution is 6.62. The van der Waals surface area contributed by atoms with E-state index in [0.717, 1.165) is 0 Å². The van der Waals surface area contributed by atoms with Crippen LogP contribution in [0.2, 0.25) is 5.54 Å². The molecule has 0 amide bonds. The molecule has 13 heavy (non-hydrogen) atoms. The fourth-order valence-corrected chi connectivity index (χ4v) is 2.91. The Bertz CT molecular complexity index is 187. The molecule has 0 atom stereocenters. The normalized spacial score (nSPS) is 11.5. The third kappa shape index (κ3) is 3.37. The summed E-state index contributed by atoms with van der Waals surface area (Å²) >= 11 is 0. The van der Waals surface area contributed by atoms with E-state index in [1.165, 1.54) is 20.3 Å². The van der Waals surface area contributed by atoms with Gasteiger partial charge in [-0.15, -0.1) is 0 Å². The molecule has 6 heteroatoms. The van der Waals surface area contributed by atoms with Crippen LogP contribution in [-0.2, 0) is 18.1 Å². The SMILES string of the molecule is CO[Si](OC)(OCN=C=O)C(C)C. The third-order valence-corrected chi connectivity index (χ3v) is 4.75. The molecule has 5 nitrogen and oxygen atoms in total. The van der Waals surface area contributed by atoms with E-state index in [4.69, 9.17) is 13.3 Å². The summed E-state index contributed by atoms with van der Waals surface area (Å²) in [5.41, 5.74) is 0.129. The van der Waals surface area contributed by atoms with E-state index in [1.54, 1.807) is 0 Å².